The van der Waals surface area contributed by atoms with E-state index in [9.17, 15) is 14.0 Å². The van der Waals surface area contributed by atoms with Crippen LogP contribution in [0.15, 0.2) is 24.3 Å². The summed E-state index contributed by atoms with van der Waals surface area (Å²) >= 11 is 0. The largest absolute Gasteiger partial charge is 0.468 e. The number of carbonyl (C=O) groups excluding carboxylic acids is 2. The highest BCUT2D eigenvalue weighted by Crippen LogP contribution is 2.39. The van der Waals surface area contributed by atoms with Gasteiger partial charge in [0.05, 0.1) is 19.7 Å². The number of ether oxygens (including phenoxy) is 1. The Morgan fingerprint density at radius 2 is 1.96 bits per heavy atom. The molecule has 1 saturated heterocycles. The average Bonchev–Trinajstić information content (AvgIpc) is 3.00. The van der Waals surface area contributed by atoms with Gasteiger partial charge in [0, 0.05) is 6.04 Å². The number of likely N-dealkylation sites (tertiary alicyclic amines) is 1. The van der Waals surface area contributed by atoms with Crippen LogP contribution in [0.4, 0.5) is 4.39 Å². The molecule has 3 rings (SSSR count). The number of methoxy groups -OCH3 is 1. The van der Waals surface area contributed by atoms with E-state index in [-0.39, 0.29) is 42.4 Å². The molecular formula is C20H27FN2O3. The van der Waals surface area contributed by atoms with E-state index < -0.39 is 0 Å². The van der Waals surface area contributed by atoms with Crippen LogP contribution in [0.2, 0.25) is 0 Å². The van der Waals surface area contributed by atoms with Gasteiger partial charge < -0.3 is 10.1 Å². The number of hydrogen-bond donors (Lipinski definition) is 1. The molecule has 1 aliphatic heterocycles. The molecule has 142 valence electrons. The fourth-order valence-corrected chi connectivity index (χ4v) is 4.44. The first-order chi connectivity index (χ1) is 12.5. The average molecular weight is 362 g/mol. The maximum atomic E-state index is 13.1. The first-order valence-corrected chi connectivity index (χ1v) is 9.38. The molecule has 0 bridgehead atoms. The molecule has 0 aromatic heterocycles. The van der Waals surface area contributed by atoms with E-state index in [4.69, 9.17) is 4.74 Å². The van der Waals surface area contributed by atoms with Crippen molar-refractivity contribution in [1.29, 1.82) is 0 Å². The van der Waals surface area contributed by atoms with Gasteiger partial charge >= 0.3 is 5.97 Å². The fourth-order valence-electron chi connectivity index (χ4n) is 4.44. The fraction of sp³-hybridized carbons (Fsp3) is 0.600. The quantitative estimate of drug-likeness (QED) is 0.819. The normalized spacial score (nSPS) is 26.8. The van der Waals surface area contributed by atoms with Crippen LogP contribution < -0.4 is 5.32 Å². The Balaban J connectivity index is 1.65. The Labute approximate surface area is 153 Å². The van der Waals surface area contributed by atoms with Crippen LogP contribution in [0.25, 0.3) is 0 Å². The summed E-state index contributed by atoms with van der Waals surface area (Å²) in [7, 11) is 1.40. The van der Waals surface area contributed by atoms with Gasteiger partial charge in [-0.05, 0) is 49.8 Å². The van der Waals surface area contributed by atoms with Gasteiger partial charge in [0.2, 0.25) is 5.91 Å². The summed E-state index contributed by atoms with van der Waals surface area (Å²) in [6.45, 7) is 2.06. The third kappa shape index (κ3) is 4.06. The number of benzene rings is 1. The Morgan fingerprint density at radius 3 is 2.65 bits per heavy atom. The molecule has 1 N–H and O–H groups in total. The molecular weight excluding hydrogens is 335 g/mol. The molecule has 1 heterocycles. The summed E-state index contributed by atoms with van der Waals surface area (Å²) < 4.78 is 18.0. The van der Waals surface area contributed by atoms with Crippen molar-refractivity contribution in [3.05, 3.63) is 35.6 Å². The molecule has 1 saturated carbocycles. The van der Waals surface area contributed by atoms with Crippen molar-refractivity contribution in [2.75, 3.05) is 13.7 Å². The van der Waals surface area contributed by atoms with Crippen molar-refractivity contribution in [1.82, 2.24) is 10.2 Å². The zero-order valence-corrected chi connectivity index (χ0v) is 15.4. The second-order valence-corrected chi connectivity index (χ2v) is 7.40. The minimum Gasteiger partial charge on any atom is -0.468 e. The summed E-state index contributed by atoms with van der Waals surface area (Å²) in [5.41, 5.74) is 0.848. The molecule has 0 unspecified atom stereocenters. The van der Waals surface area contributed by atoms with E-state index in [1.54, 1.807) is 12.1 Å². The summed E-state index contributed by atoms with van der Waals surface area (Å²) in [5, 5.41) is 2.96. The van der Waals surface area contributed by atoms with Crippen molar-refractivity contribution in [2.45, 2.75) is 57.2 Å². The molecule has 1 amide bonds. The number of fused-ring (bicyclic) bond motifs is 1. The van der Waals surface area contributed by atoms with E-state index >= 15 is 0 Å². The molecule has 0 radical (unpaired) electrons. The predicted octanol–water partition coefficient (Wildman–Crippen LogP) is 2.81. The van der Waals surface area contributed by atoms with Crippen LogP contribution in [-0.4, -0.2) is 42.5 Å². The monoisotopic (exact) mass is 362 g/mol. The zero-order chi connectivity index (χ0) is 18.7. The van der Waals surface area contributed by atoms with Gasteiger partial charge in [-0.25, -0.2) is 4.39 Å². The highest BCUT2D eigenvalue weighted by Gasteiger charge is 2.46. The lowest BCUT2D eigenvalue weighted by Gasteiger charge is -2.33. The SMILES string of the molecule is COC(=O)[C@@H]1C[C@@H]2CCCC[C@H]2N1CC(=O)N[C@H](C)c1ccc(F)cc1. The first kappa shape index (κ1) is 18.8. The molecule has 4 atom stereocenters. The van der Waals surface area contributed by atoms with Crippen molar-refractivity contribution in [2.24, 2.45) is 5.92 Å². The molecule has 5 nitrogen and oxygen atoms in total. The number of amides is 1. The minimum absolute atomic E-state index is 0.123. The molecule has 6 heteroatoms. The topological polar surface area (TPSA) is 58.6 Å². The van der Waals surface area contributed by atoms with E-state index in [1.165, 1.54) is 25.7 Å². The van der Waals surface area contributed by atoms with Gasteiger partial charge in [0.25, 0.3) is 0 Å². The van der Waals surface area contributed by atoms with Crippen LogP contribution in [0.3, 0.4) is 0 Å². The summed E-state index contributed by atoms with van der Waals surface area (Å²) in [6, 6.07) is 5.84. The lowest BCUT2D eigenvalue weighted by Crippen LogP contribution is -2.48. The Kier molecular flexibility index (Phi) is 5.91. The van der Waals surface area contributed by atoms with E-state index in [0.29, 0.717) is 5.92 Å². The van der Waals surface area contributed by atoms with Crippen molar-refractivity contribution in [3.63, 3.8) is 0 Å². The molecule has 1 aromatic rings. The second-order valence-electron chi connectivity index (χ2n) is 7.40. The van der Waals surface area contributed by atoms with Gasteiger partial charge in [0.15, 0.2) is 0 Å². The molecule has 2 fully saturated rings. The first-order valence-electron chi connectivity index (χ1n) is 9.38. The van der Waals surface area contributed by atoms with Crippen LogP contribution in [-0.2, 0) is 14.3 Å². The number of rotatable bonds is 5. The Morgan fingerprint density at radius 1 is 1.27 bits per heavy atom. The van der Waals surface area contributed by atoms with Gasteiger partial charge in [0.1, 0.15) is 11.9 Å². The number of hydrogen-bond acceptors (Lipinski definition) is 4. The lowest BCUT2D eigenvalue weighted by molar-refractivity contribution is -0.146. The lowest BCUT2D eigenvalue weighted by atomic mass is 9.85. The molecule has 2 aliphatic rings. The predicted molar refractivity (Wildman–Crippen MR) is 95.8 cm³/mol. The van der Waals surface area contributed by atoms with Crippen molar-refractivity contribution >= 4 is 11.9 Å². The molecule has 26 heavy (non-hydrogen) atoms. The summed E-state index contributed by atoms with van der Waals surface area (Å²) in [4.78, 5) is 26.8. The van der Waals surface area contributed by atoms with Crippen LogP contribution >= 0.6 is 0 Å². The van der Waals surface area contributed by atoms with E-state index in [0.717, 1.165) is 31.2 Å². The van der Waals surface area contributed by atoms with Gasteiger partial charge in [-0.2, -0.15) is 0 Å². The summed E-state index contributed by atoms with van der Waals surface area (Å²) in [5.74, 6) is -0.204. The van der Waals surface area contributed by atoms with E-state index in [2.05, 4.69) is 5.32 Å². The smallest absolute Gasteiger partial charge is 0.323 e. The van der Waals surface area contributed by atoms with Crippen molar-refractivity contribution < 1.29 is 18.7 Å². The van der Waals surface area contributed by atoms with Gasteiger partial charge in [-0.3, -0.25) is 14.5 Å². The molecule has 1 aliphatic carbocycles. The second kappa shape index (κ2) is 8.16. The number of halogens is 1. The highest BCUT2D eigenvalue weighted by molar-refractivity contribution is 5.81. The molecule has 0 spiro atoms. The number of esters is 1. The number of nitrogens with one attached hydrogen (secondary N) is 1. The number of nitrogens with zero attached hydrogens (tertiary/aromatic N) is 1. The van der Waals surface area contributed by atoms with Gasteiger partial charge in [-0.1, -0.05) is 25.0 Å². The van der Waals surface area contributed by atoms with E-state index in [1.807, 2.05) is 11.8 Å². The Bertz CT molecular complexity index is 649. The minimum atomic E-state index is -0.333. The maximum Gasteiger partial charge on any atom is 0.323 e. The maximum absolute atomic E-state index is 13.1. The standard InChI is InChI=1S/C20H27FN2O3/c1-13(14-7-9-16(21)10-8-14)22-19(24)12-23-17-6-4-3-5-15(17)11-18(23)20(25)26-2/h7-10,13,15,17-18H,3-6,11-12H2,1-2H3,(H,22,24)/t13-,15+,17-,18+/m1/s1. The summed E-state index contributed by atoms with van der Waals surface area (Å²) in [6.07, 6.45) is 5.25. The molecule has 1 aromatic carbocycles. The third-order valence-corrected chi connectivity index (χ3v) is 5.77. The Hall–Kier alpha value is -1.95. The third-order valence-electron chi connectivity index (χ3n) is 5.77. The highest BCUT2D eigenvalue weighted by atomic mass is 19.1. The van der Waals surface area contributed by atoms with Gasteiger partial charge in [-0.15, -0.1) is 0 Å². The van der Waals surface area contributed by atoms with Crippen LogP contribution in [0.1, 0.15) is 50.6 Å². The van der Waals surface area contributed by atoms with Crippen molar-refractivity contribution in [3.8, 4) is 0 Å². The van der Waals surface area contributed by atoms with Crippen LogP contribution in [0.5, 0.6) is 0 Å². The number of carbonyl (C=O) groups is 2. The van der Waals surface area contributed by atoms with Crippen LogP contribution in [0, 0.1) is 11.7 Å². The zero-order valence-electron chi connectivity index (χ0n) is 15.4.